The lowest BCUT2D eigenvalue weighted by Crippen LogP contribution is -2.15. The Bertz CT molecular complexity index is 956. The summed E-state index contributed by atoms with van der Waals surface area (Å²) in [5.74, 6) is 1.86. The molecule has 29 heavy (non-hydrogen) atoms. The van der Waals surface area contributed by atoms with Gasteiger partial charge in [0, 0.05) is 18.3 Å². The predicted molar refractivity (Wildman–Crippen MR) is 115 cm³/mol. The van der Waals surface area contributed by atoms with Crippen LogP contribution in [0.5, 0.6) is 11.5 Å². The second-order valence-electron chi connectivity index (χ2n) is 6.75. The van der Waals surface area contributed by atoms with Crippen molar-refractivity contribution >= 4 is 17.4 Å². The normalized spacial score (nSPS) is 10.5. The Morgan fingerprint density at radius 1 is 1.07 bits per heavy atom. The van der Waals surface area contributed by atoms with Crippen LogP contribution in [0.2, 0.25) is 0 Å². The third-order valence-electron chi connectivity index (χ3n) is 4.15. The third-order valence-corrected chi connectivity index (χ3v) is 4.15. The minimum Gasteiger partial charge on any atom is -0.497 e. The number of carbonyl (C=O) groups is 1. The molecule has 0 saturated heterocycles. The molecule has 1 amide bonds. The highest BCUT2D eigenvalue weighted by atomic mass is 16.5. The van der Waals surface area contributed by atoms with E-state index in [-0.39, 0.29) is 12.0 Å². The van der Waals surface area contributed by atoms with Gasteiger partial charge in [0.15, 0.2) is 0 Å². The SMILES string of the molecule is COc1ccc(CNc2cc(C(=O)Nc3ccccc3OC(C)C)ccn2)cc1. The molecule has 0 fully saturated rings. The summed E-state index contributed by atoms with van der Waals surface area (Å²) >= 11 is 0. The van der Waals surface area contributed by atoms with E-state index in [9.17, 15) is 4.79 Å². The molecule has 0 aliphatic carbocycles. The van der Waals surface area contributed by atoms with Crippen LogP contribution < -0.4 is 20.1 Å². The van der Waals surface area contributed by atoms with Gasteiger partial charge in [0.05, 0.1) is 18.9 Å². The highest BCUT2D eigenvalue weighted by Gasteiger charge is 2.11. The van der Waals surface area contributed by atoms with Crippen molar-refractivity contribution < 1.29 is 14.3 Å². The molecule has 3 rings (SSSR count). The zero-order valence-corrected chi connectivity index (χ0v) is 16.8. The third kappa shape index (κ3) is 5.72. The number of nitrogens with zero attached hydrogens (tertiary/aromatic N) is 1. The van der Waals surface area contributed by atoms with Crippen LogP contribution in [0, 0.1) is 0 Å². The lowest BCUT2D eigenvalue weighted by Gasteiger charge is -2.15. The van der Waals surface area contributed by atoms with Crippen molar-refractivity contribution in [2.75, 3.05) is 17.7 Å². The van der Waals surface area contributed by atoms with Gasteiger partial charge in [0.25, 0.3) is 5.91 Å². The number of para-hydroxylation sites is 2. The number of amides is 1. The number of hydrogen-bond acceptors (Lipinski definition) is 5. The quantitative estimate of drug-likeness (QED) is 0.580. The van der Waals surface area contributed by atoms with Crippen LogP contribution in [0.4, 0.5) is 11.5 Å². The maximum Gasteiger partial charge on any atom is 0.255 e. The fourth-order valence-corrected chi connectivity index (χ4v) is 2.73. The molecule has 1 aromatic heterocycles. The molecule has 0 radical (unpaired) electrons. The summed E-state index contributed by atoms with van der Waals surface area (Å²) in [7, 11) is 1.64. The maximum absolute atomic E-state index is 12.7. The molecule has 0 saturated carbocycles. The molecular weight excluding hydrogens is 366 g/mol. The Kier molecular flexibility index (Phi) is 6.68. The number of ether oxygens (including phenoxy) is 2. The van der Waals surface area contributed by atoms with Crippen molar-refractivity contribution in [3.63, 3.8) is 0 Å². The number of benzene rings is 2. The molecular formula is C23H25N3O3. The van der Waals surface area contributed by atoms with E-state index in [0.717, 1.165) is 11.3 Å². The van der Waals surface area contributed by atoms with Crippen LogP contribution in [0.25, 0.3) is 0 Å². The van der Waals surface area contributed by atoms with E-state index in [2.05, 4.69) is 15.6 Å². The molecule has 0 spiro atoms. The number of methoxy groups -OCH3 is 1. The van der Waals surface area contributed by atoms with Crippen molar-refractivity contribution in [1.29, 1.82) is 0 Å². The van der Waals surface area contributed by atoms with Crippen LogP contribution in [0.1, 0.15) is 29.8 Å². The number of hydrogen-bond donors (Lipinski definition) is 2. The topological polar surface area (TPSA) is 72.5 Å². The summed E-state index contributed by atoms with van der Waals surface area (Å²) in [6, 6.07) is 18.6. The minimum atomic E-state index is -0.222. The summed E-state index contributed by atoms with van der Waals surface area (Å²) in [4.78, 5) is 17.0. The van der Waals surface area contributed by atoms with E-state index >= 15 is 0 Å². The first-order chi connectivity index (χ1) is 14.0. The molecule has 2 aromatic carbocycles. The lowest BCUT2D eigenvalue weighted by atomic mass is 10.2. The summed E-state index contributed by atoms with van der Waals surface area (Å²) in [6.07, 6.45) is 1.63. The van der Waals surface area contributed by atoms with Gasteiger partial charge in [-0.05, 0) is 55.8 Å². The average Bonchev–Trinajstić information content (AvgIpc) is 2.74. The van der Waals surface area contributed by atoms with Crippen LogP contribution in [-0.2, 0) is 6.54 Å². The van der Waals surface area contributed by atoms with Gasteiger partial charge in [-0.15, -0.1) is 0 Å². The number of carbonyl (C=O) groups excluding carboxylic acids is 1. The molecule has 0 unspecified atom stereocenters. The molecule has 0 aliphatic rings. The number of anilines is 2. The van der Waals surface area contributed by atoms with Gasteiger partial charge in [-0.3, -0.25) is 4.79 Å². The zero-order valence-electron chi connectivity index (χ0n) is 16.8. The van der Waals surface area contributed by atoms with Crippen molar-refractivity contribution in [1.82, 2.24) is 4.98 Å². The first-order valence-electron chi connectivity index (χ1n) is 9.45. The van der Waals surface area contributed by atoms with Crippen molar-refractivity contribution in [3.8, 4) is 11.5 Å². The Morgan fingerprint density at radius 2 is 1.83 bits per heavy atom. The first-order valence-corrected chi connectivity index (χ1v) is 9.45. The van der Waals surface area contributed by atoms with Crippen LogP contribution in [0.3, 0.4) is 0 Å². The number of rotatable bonds is 8. The monoisotopic (exact) mass is 391 g/mol. The van der Waals surface area contributed by atoms with Crippen molar-refractivity contribution in [2.45, 2.75) is 26.5 Å². The standard InChI is InChI=1S/C23H25N3O3/c1-16(2)29-21-7-5-4-6-20(21)26-23(27)18-12-13-24-22(14-18)25-15-17-8-10-19(28-3)11-9-17/h4-14,16H,15H2,1-3H3,(H,24,25)(H,26,27). The molecule has 6 nitrogen and oxygen atoms in total. The van der Waals surface area contributed by atoms with Crippen LogP contribution in [0.15, 0.2) is 66.9 Å². The highest BCUT2D eigenvalue weighted by Crippen LogP contribution is 2.25. The van der Waals surface area contributed by atoms with Crippen molar-refractivity contribution in [2.24, 2.45) is 0 Å². The van der Waals surface area contributed by atoms with E-state index in [0.29, 0.717) is 29.4 Å². The summed E-state index contributed by atoms with van der Waals surface area (Å²) < 4.78 is 10.9. The number of nitrogens with one attached hydrogen (secondary N) is 2. The Morgan fingerprint density at radius 3 is 2.55 bits per heavy atom. The van der Waals surface area contributed by atoms with Gasteiger partial charge in [0.1, 0.15) is 17.3 Å². The summed E-state index contributed by atoms with van der Waals surface area (Å²) in [5, 5.41) is 6.15. The second-order valence-corrected chi connectivity index (χ2v) is 6.75. The van der Waals surface area contributed by atoms with E-state index < -0.39 is 0 Å². The summed E-state index contributed by atoms with van der Waals surface area (Å²) in [6.45, 7) is 4.48. The van der Waals surface area contributed by atoms with Crippen molar-refractivity contribution in [3.05, 3.63) is 78.0 Å². The highest BCUT2D eigenvalue weighted by molar-refractivity contribution is 6.05. The van der Waals surface area contributed by atoms with Gasteiger partial charge in [-0.1, -0.05) is 24.3 Å². The molecule has 6 heteroatoms. The van der Waals surface area contributed by atoms with Gasteiger partial charge in [-0.25, -0.2) is 4.98 Å². The molecule has 2 N–H and O–H groups in total. The fraction of sp³-hybridized carbons (Fsp3) is 0.217. The number of pyridine rings is 1. The Labute approximate surface area is 170 Å². The van der Waals surface area contributed by atoms with Gasteiger partial charge < -0.3 is 20.1 Å². The maximum atomic E-state index is 12.7. The van der Waals surface area contributed by atoms with E-state index in [1.807, 2.05) is 62.4 Å². The first kappa shape index (κ1) is 20.2. The molecule has 0 atom stereocenters. The molecule has 1 heterocycles. The van der Waals surface area contributed by atoms with E-state index in [4.69, 9.17) is 9.47 Å². The zero-order chi connectivity index (χ0) is 20.6. The van der Waals surface area contributed by atoms with Gasteiger partial charge in [-0.2, -0.15) is 0 Å². The second kappa shape index (κ2) is 9.59. The van der Waals surface area contributed by atoms with Crippen LogP contribution in [-0.4, -0.2) is 24.1 Å². The minimum absolute atomic E-state index is 0.0164. The Balaban J connectivity index is 1.66. The molecule has 3 aromatic rings. The average molecular weight is 391 g/mol. The fourth-order valence-electron chi connectivity index (χ4n) is 2.73. The smallest absolute Gasteiger partial charge is 0.255 e. The van der Waals surface area contributed by atoms with E-state index in [1.54, 1.807) is 25.4 Å². The molecule has 150 valence electrons. The molecule has 0 aliphatic heterocycles. The van der Waals surface area contributed by atoms with Crippen LogP contribution >= 0.6 is 0 Å². The van der Waals surface area contributed by atoms with Gasteiger partial charge >= 0.3 is 0 Å². The number of aromatic nitrogens is 1. The predicted octanol–water partition coefficient (Wildman–Crippen LogP) is 4.74. The van der Waals surface area contributed by atoms with E-state index in [1.165, 1.54) is 0 Å². The van der Waals surface area contributed by atoms with Gasteiger partial charge in [0.2, 0.25) is 0 Å². The molecule has 0 bridgehead atoms. The Hall–Kier alpha value is -3.54. The summed E-state index contributed by atoms with van der Waals surface area (Å²) in [5.41, 5.74) is 2.23. The lowest BCUT2D eigenvalue weighted by molar-refractivity contribution is 0.102. The largest absolute Gasteiger partial charge is 0.497 e.